The topological polar surface area (TPSA) is 149 Å². The lowest BCUT2D eigenvalue weighted by molar-refractivity contribution is -0.145. The molecular formula is C42H40ClN5O5. The number of aliphatic carboxylic acids is 1. The van der Waals surface area contributed by atoms with E-state index < -0.39 is 18.1 Å². The second-order valence-electron chi connectivity index (χ2n) is 13.1. The smallest absolute Gasteiger partial charge is 0.326 e. The molecule has 1 unspecified atom stereocenters. The predicted molar refractivity (Wildman–Crippen MR) is 205 cm³/mol. The number of carboxylic acids is 1. The number of halogens is 1. The van der Waals surface area contributed by atoms with Gasteiger partial charge in [-0.05, 0) is 71.8 Å². The molecule has 0 saturated heterocycles. The standard InChI is InChI=1S/C42H40ClN5O5/c1-26-32(6-4-8-35(26)36-9-5-7-34(27(36)2)30-10-12-31(13-11-30)40-46-14-15-47-40)24-53-39-18-38(52-23-29-16-28(19-44)20-45-21-29)33(17-37(39)43)22-48-42(3,25-49)41(50)51/h4-13,16-18,20-21,48-49H,14-15,22-25H2,1-3H3,(H,46,47)(H,50,51). The summed E-state index contributed by atoms with van der Waals surface area (Å²) < 4.78 is 12.5. The van der Waals surface area contributed by atoms with Gasteiger partial charge in [-0.3, -0.25) is 20.1 Å². The molecule has 0 aliphatic carbocycles. The molecule has 270 valence electrons. The Morgan fingerprint density at radius 1 is 0.925 bits per heavy atom. The van der Waals surface area contributed by atoms with Crippen molar-refractivity contribution in [2.45, 2.75) is 46.1 Å². The molecule has 0 bridgehead atoms. The number of carbonyl (C=O) groups is 1. The molecule has 53 heavy (non-hydrogen) atoms. The average molecular weight is 730 g/mol. The van der Waals surface area contributed by atoms with E-state index in [1.54, 1.807) is 24.4 Å². The number of ether oxygens (including phenoxy) is 2. The molecule has 1 atom stereocenters. The molecule has 0 fully saturated rings. The maximum Gasteiger partial charge on any atom is 0.326 e. The molecule has 0 amide bonds. The van der Waals surface area contributed by atoms with Gasteiger partial charge in [-0.2, -0.15) is 5.26 Å². The second-order valence-corrected chi connectivity index (χ2v) is 13.5. The van der Waals surface area contributed by atoms with Crippen LogP contribution in [0.1, 0.15) is 45.9 Å². The van der Waals surface area contributed by atoms with E-state index in [2.05, 4.69) is 89.1 Å². The van der Waals surface area contributed by atoms with Crippen LogP contribution in [0.5, 0.6) is 11.5 Å². The monoisotopic (exact) mass is 729 g/mol. The highest BCUT2D eigenvalue weighted by Gasteiger charge is 2.32. The maximum atomic E-state index is 11.8. The van der Waals surface area contributed by atoms with Gasteiger partial charge in [0.25, 0.3) is 0 Å². The van der Waals surface area contributed by atoms with Crippen LogP contribution in [-0.2, 0) is 24.6 Å². The Labute approximate surface area is 313 Å². The third kappa shape index (κ3) is 8.34. The van der Waals surface area contributed by atoms with Crippen molar-refractivity contribution in [2.24, 2.45) is 4.99 Å². The summed E-state index contributed by atoms with van der Waals surface area (Å²) in [6, 6.07) is 28.1. The van der Waals surface area contributed by atoms with Crippen molar-refractivity contribution in [3.05, 3.63) is 135 Å². The van der Waals surface area contributed by atoms with Gasteiger partial charge < -0.3 is 25.0 Å². The number of nitrogens with one attached hydrogen (secondary N) is 2. The van der Waals surface area contributed by atoms with Gasteiger partial charge in [0.15, 0.2) is 0 Å². The minimum Gasteiger partial charge on any atom is -0.488 e. The van der Waals surface area contributed by atoms with Crippen LogP contribution in [0, 0.1) is 25.2 Å². The van der Waals surface area contributed by atoms with E-state index in [-0.39, 0.29) is 19.8 Å². The summed E-state index contributed by atoms with van der Waals surface area (Å²) in [6.07, 6.45) is 3.07. The second kappa shape index (κ2) is 16.3. The van der Waals surface area contributed by atoms with Crippen molar-refractivity contribution in [2.75, 3.05) is 19.7 Å². The molecule has 0 saturated carbocycles. The van der Waals surface area contributed by atoms with Crippen molar-refractivity contribution >= 4 is 23.4 Å². The number of aliphatic imine (C=N–C) groups is 1. The van der Waals surface area contributed by atoms with Crippen LogP contribution in [0.25, 0.3) is 22.3 Å². The number of nitriles is 1. The maximum absolute atomic E-state index is 11.8. The van der Waals surface area contributed by atoms with E-state index in [1.165, 1.54) is 18.7 Å². The van der Waals surface area contributed by atoms with Crippen LogP contribution < -0.4 is 20.1 Å². The molecule has 11 heteroatoms. The lowest BCUT2D eigenvalue weighted by Crippen LogP contribution is -2.52. The Morgan fingerprint density at radius 2 is 1.62 bits per heavy atom. The largest absolute Gasteiger partial charge is 0.488 e. The number of carboxylic acid groups (broad SMARTS) is 1. The van der Waals surface area contributed by atoms with Crippen LogP contribution in [0.15, 0.2) is 96.2 Å². The van der Waals surface area contributed by atoms with E-state index in [0.717, 1.165) is 57.9 Å². The van der Waals surface area contributed by atoms with Crippen LogP contribution in [0.3, 0.4) is 0 Å². The first-order chi connectivity index (χ1) is 25.6. The Bertz CT molecular complexity index is 2220. The molecule has 10 nitrogen and oxygen atoms in total. The van der Waals surface area contributed by atoms with Gasteiger partial charge in [0.2, 0.25) is 0 Å². The number of aliphatic hydroxyl groups excluding tert-OH is 1. The molecule has 1 aromatic heterocycles. The highest BCUT2D eigenvalue weighted by atomic mass is 35.5. The van der Waals surface area contributed by atoms with Crippen LogP contribution >= 0.6 is 11.6 Å². The normalized spacial score (nSPS) is 13.4. The fourth-order valence-corrected chi connectivity index (χ4v) is 6.40. The number of benzene rings is 4. The summed E-state index contributed by atoms with van der Waals surface area (Å²) in [6.45, 7) is 7.02. The molecule has 4 N–H and O–H groups in total. The quantitative estimate of drug-likeness (QED) is 0.0949. The number of hydrogen-bond donors (Lipinski definition) is 4. The molecule has 6 rings (SSSR count). The van der Waals surface area contributed by atoms with Crippen molar-refractivity contribution in [3.8, 4) is 39.8 Å². The molecule has 2 heterocycles. The lowest BCUT2D eigenvalue weighted by Gasteiger charge is -2.25. The molecule has 1 aliphatic heterocycles. The number of aliphatic hydroxyl groups is 1. The van der Waals surface area contributed by atoms with Gasteiger partial charge in [0.1, 0.15) is 42.2 Å². The summed E-state index contributed by atoms with van der Waals surface area (Å²) in [5.41, 5.74) is 8.86. The number of pyridine rings is 1. The molecular weight excluding hydrogens is 690 g/mol. The summed E-state index contributed by atoms with van der Waals surface area (Å²) in [5, 5.41) is 35.2. The summed E-state index contributed by atoms with van der Waals surface area (Å²) in [4.78, 5) is 20.5. The van der Waals surface area contributed by atoms with Gasteiger partial charge in [0, 0.05) is 48.2 Å². The average Bonchev–Trinajstić information content (AvgIpc) is 3.72. The Hall–Kier alpha value is -5.73. The zero-order valence-electron chi connectivity index (χ0n) is 29.7. The summed E-state index contributed by atoms with van der Waals surface area (Å²) in [5.74, 6) is 0.510. The number of aromatic nitrogens is 1. The van der Waals surface area contributed by atoms with Crippen LogP contribution in [-0.4, -0.2) is 52.2 Å². The van der Waals surface area contributed by atoms with E-state index in [9.17, 15) is 20.3 Å². The summed E-state index contributed by atoms with van der Waals surface area (Å²) >= 11 is 6.75. The Balaban J connectivity index is 1.24. The first kappa shape index (κ1) is 37.0. The van der Waals surface area contributed by atoms with Gasteiger partial charge >= 0.3 is 5.97 Å². The van der Waals surface area contributed by atoms with Gasteiger partial charge in [-0.25, -0.2) is 0 Å². The van der Waals surface area contributed by atoms with Crippen molar-refractivity contribution in [1.82, 2.24) is 15.6 Å². The number of rotatable bonds is 14. The first-order valence-corrected chi connectivity index (χ1v) is 17.6. The SMILES string of the molecule is Cc1c(COc2cc(OCc3cncc(C#N)c3)c(CNC(C)(CO)C(=O)O)cc2Cl)cccc1-c1cccc(-c2ccc(C3=NCCN3)cc2)c1C. The van der Waals surface area contributed by atoms with Gasteiger partial charge in [-0.15, -0.1) is 0 Å². The third-order valence-electron chi connectivity index (χ3n) is 9.49. The lowest BCUT2D eigenvalue weighted by atomic mass is 9.89. The minimum atomic E-state index is -1.59. The van der Waals surface area contributed by atoms with E-state index in [0.29, 0.717) is 33.2 Å². The Morgan fingerprint density at radius 3 is 2.32 bits per heavy atom. The van der Waals surface area contributed by atoms with E-state index in [4.69, 9.17) is 21.1 Å². The Kier molecular flexibility index (Phi) is 11.4. The highest BCUT2D eigenvalue weighted by Crippen LogP contribution is 2.37. The number of hydrogen-bond acceptors (Lipinski definition) is 9. The zero-order valence-corrected chi connectivity index (χ0v) is 30.5. The first-order valence-electron chi connectivity index (χ1n) is 17.2. The van der Waals surface area contributed by atoms with Gasteiger partial charge in [0.05, 0.1) is 23.7 Å². The molecule has 0 spiro atoms. The van der Waals surface area contributed by atoms with Crippen LogP contribution in [0.4, 0.5) is 0 Å². The summed E-state index contributed by atoms with van der Waals surface area (Å²) in [7, 11) is 0. The molecule has 0 radical (unpaired) electrons. The van der Waals surface area contributed by atoms with Crippen LogP contribution in [0.2, 0.25) is 5.02 Å². The fraction of sp³-hybridized carbons (Fsp3) is 0.238. The predicted octanol–water partition coefficient (Wildman–Crippen LogP) is 6.99. The van der Waals surface area contributed by atoms with Crippen molar-refractivity contribution in [1.29, 1.82) is 5.26 Å². The molecule has 5 aromatic rings. The fourth-order valence-electron chi connectivity index (χ4n) is 6.16. The zero-order chi connectivity index (χ0) is 37.5. The minimum absolute atomic E-state index is 0.0331. The van der Waals surface area contributed by atoms with Crippen molar-refractivity contribution in [3.63, 3.8) is 0 Å². The van der Waals surface area contributed by atoms with E-state index in [1.807, 2.05) is 12.1 Å². The highest BCUT2D eigenvalue weighted by molar-refractivity contribution is 6.32. The van der Waals surface area contributed by atoms with Crippen molar-refractivity contribution < 1.29 is 24.5 Å². The van der Waals surface area contributed by atoms with Gasteiger partial charge in [-0.1, -0.05) is 72.3 Å². The number of amidine groups is 1. The molecule has 1 aliphatic rings. The number of nitrogens with zero attached hydrogens (tertiary/aromatic N) is 3. The van der Waals surface area contributed by atoms with E-state index >= 15 is 0 Å². The third-order valence-corrected chi connectivity index (χ3v) is 9.78. The molecule has 4 aromatic carbocycles.